The predicted molar refractivity (Wildman–Crippen MR) is 82.4 cm³/mol. The summed E-state index contributed by atoms with van der Waals surface area (Å²) in [7, 11) is 3.42. The van der Waals surface area contributed by atoms with Crippen molar-refractivity contribution >= 4 is 29.6 Å². The molecule has 7 N–H and O–H groups in total. The smallest absolute Gasteiger partial charge is 0.336 e. The fraction of sp³-hybridized carbons (Fsp3) is 0.417. The Labute approximate surface area is 145 Å². The number of carbonyl (C=O) groups excluding carboxylic acids is 1. The van der Waals surface area contributed by atoms with Crippen LogP contribution in [-0.2, 0) is 14.4 Å². The van der Waals surface area contributed by atoms with Crippen LogP contribution >= 0.6 is 0 Å². The molecule has 1 aromatic rings. The Morgan fingerprint density at radius 2 is 1.69 bits per heavy atom. The Morgan fingerprint density at radius 1 is 1.19 bits per heavy atom. The van der Waals surface area contributed by atoms with Crippen molar-refractivity contribution in [3.8, 4) is 0 Å². The molecule has 0 aromatic carbocycles. The lowest BCUT2D eigenvalue weighted by Crippen LogP contribution is -2.42. The molecule has 0 unspecified atom stereocenters. The fourth-order valence-electron chi connectivity index (χ4n) is 1.39. The second-order valence-electron chi connectivity index (χ2n) is 4.98. The molecule has 0 bridgehead atoms. The van der Waals surface area contributed by atoms with Crippen LogP contribution in [0, 0.1) is 0 Å². The van der Waals surface area contributed by atoms with Crippen LogP contribution in [0.2, 0.25) is 0 Å². The van der Waals surface area contributed by atoms with Gasteiger partial charge in [0.15, 0.2) is 17.1 Å². The first-order valence-electron chi connectivity index (χ1n) is 6.70. The number of hydrogen-bond donors (Lipinski definition) is 6. The maximum absolute atomic E-state index is 10.8. The predicted octanol–water partition coefficient (Wildman–Crippen LogP) is -1.18. The molecule has 0 aliphatic rings. The largest absolute Gasteiger partial charge is 0.481 e. The molecule has 0 atom stereocenters. The highest BCUT2D eigenvalue weighted by Gasteiger charge is 2.40. The highest BCUT2D eigenvalue weighted by molar-refractivity contribution is 5.94. The Kier molecular flexibility index (Phi) is 8.35. The number of nitrogens with one attached hydrogen (secondary N) is 1. The molecule has 14 nitrogen and oxygen atoms in total. The van der Waals surface area contributed by atoms with E-state index in [4.69, 9.17) is 26.2 Å². The van der Waals surface area contributed by atoms with Gasteiger partial charge in [-0.2, -0.15) is 0 Å². The summed E-state index contributed by atoms with van der Waals surface area (Å²) >= 11 is 0. The number of carboxylic acids is 3. The first-order valence-corrected chi connectivity index (χ1v) is 6.70. The summed E-state index contributed by atoms with van der Waals surface area (Å²) in [5.41, 5.74) is 2.38. The third-order valence-electron chi connectivity index (χ3n) is 2.46. The maximum atomic E-state index is 10.8. The van der Waals surface area contributed by atoms with Crippen LogP contribution in [0.4, 0.5) is 5.82 Å². The number of carboxylic acid groups (broad SMARTS) is 3. The number of aliphatic carboxylic acids is 3. The van der Waals surface area contributed by atoms with Gasteiger partial charge in [0.1, 0.15) is 0 Å². The molecule has 1 aromatic heterocycles. The van der Waals surface area contributed by atoms with E-state index in [0.717, 1.165) is 0 Å². The van der Waals surface area contributed by atoms with E-state index in [-0.39, 0.29) is 11.5 Å². The standard InChI is InChI=1S/C6H10N6O.C6H8O7/c1-12(2)11-10-6-4(5(7)13)8-3-9-6;7-3(8)1-6(13,5(11)12)2-4(9)10/h3H,1-2H3,(H2,7,13)(H,8,9);13H,1-2H2,(H,7,8)(H,9,10)(H,11,12). The van der Waals surface area contributed by atoms with Gasteiger partial charge in [0, 0.05) is 14.1 Å². The molecular weight excluding hydrogens is 356 g/mol. The summed E-state index contributed by atoms with van der Waals surface area (Å²) in [5, 5.41) is 42.7. The SMILES string of the molecule is CN(C)N=Nc1[nH]cnc1C(N)=O.O=C(O)CC(O)(CC(=O)O)C(=O)O. The quantitative estimate of drug-likeness (QED) is 0.235. The van der Waals surface area contributed by atoms with Gasteiger partial charge in [-0.05, 0) is 0 Å². The van der Waals surface area contributed by atoms with E-state index < -0.39 is 42.3 Å². The van der Waals surface area contributed by atoms with Gasteiger partial charge in [0.05, 0.1) is 19.2 Å². The van der Waals surface area contributed by atoms with Crippen molar-refractivity contribution in [3.63, 3.8) is 0 Å². The van der Waals surface area contributed by atoms with Gasteiger partial charge in [0.25, 0.3) is 5.91 Å². The number of hydrogen-bond acceptors (Lipinski definition) is 8. The second-order valence-corrected chi connectivity index (χ2v) is 4.98. The minimum atomic E-state index is -2.74. The van der Waals surface area contributed by atoms with Crippen LogP contribution in [-0.4, -0.2) is 78.9 Å². The summed E-state index contributed by atoms with van der Waals surface area (Å²) in [5.74, 6) is -5.38. The highest BCUT2D eigenvalue weighted by Crippen LogP contribution is 2.15. The monoisotopic (exact) mass is 374 g/mol. The lowest BCUT2D eigenvalue weighted by molar-refractivity contribution is -0.170. The average Bonchev–Trinajstić information content (AvgIpc) is 2.92. The van der Waals surface area contributed by atoms with E-state index in [2.05, 4.69) is 20.3 Å². The molecule has 1 rings (SSSR count). The van der Waals surface area contributed by atoms with Crippen molar-refractivity contribution in [1.82, 2.24) is 15.0 Å². The zero-order valence-electron chi connectivity index (χ0n) is 13.8. The van der Waals surface area contributed by atoms with Crippen molar-refractivity contribution < 1.29 is 39.6 Å². The normalized spacial score (nSPS) is 10.7. The van der Waals surface area contributed by atoms with E-state index in [1.165, 1.54) is 11.3 Å². The van der Waals surface area contributed by atoms with E-state index in [1.54, 1.807) is 14.1 Å². The first kappa shape index (κ1) is 22.4. The Bertz CT molecular complexity index is 682. The minimum Gasteiger partial charge on any atom is -0.481 e. The van der Waals surface area contributed by atoms with E-state index in [0.29, 0.717) is 0 Å². The van der Waals surface area contributed by atoms with Crippen molar-refractivity contribution in [2.24, 2.45) is 16.1 Å². The molecule has 14 heteroatoms. The molecule has 26 heavy (non-hydrogen) atoms. The van der Waals surface area contributed by atoms with Gasteiger partial charge in [-0.1, -0.05) is 5.22 Å². The molecule has 0 radical (unpaired) electrons. The molecule has 0 saturated carbocycles. The number of H-pyrrole nitrogens is 1. The summed E-state index contributed by atoms with van der Waals surface area (Å²) in [4.78, 5) is 47.6. The lowest BCUT2D eigenvalue weighted by atomic mass is 9.96. The van der Waals surface area contributed by atoms with Crippen LogP contribution < -0.4 is 5.73 Å². The highest BCUT2D eigenvalue weighted by atomic mass is 16.4. The van der Waals surface area contributed by atoms with Crippen LogP contribution in [0.1, 0.15) is 23.3 Å². The molecule has 0 aliphatic carbocycles. The van der Waals surface area contributed by atoms with Gasteiger partial charge in [0.2, 0.25) is 0 Å². The van der Waals surface area contributed by atoms with Crippen LogP contribution in [0.25, 0.3) is 0 Å². The van der Waals surface area contributed by atoms with Crippen LogP contribution in [0.5, 0.6) is 0 Å². The van der Waals surface area contributed by atoms with Crippen molar-refractivity contribution in [1.29, 1.82) is 0 Å². The average molecular weight is 374 g/mol. The second kappa shape index (κ2) is 9.67. The van der Waals surface area contributed by atoms with Crippen LogP contribution in [0.3, 0.4) is 0 Å². The third-order valence-corrected chi connectivity index (χ3v) is 2.46. The van der Waals surface area contributed by atoms with Crippen molar-refractivity contribution in [3.05, 3.63) is 12.0 Å². The zero-order chi connectivity index (χ0) is 20.5. The number of imidazole rings is 1. The summed E-state index contributed by atoms with van der Waals surface area (Å²) in [6, 6.07) is 0. The molecule has 1 heterocycles. The number of nitrogens with two attached hydrogens (primary N) is 1. The Morgan fingerprint density at radius 3 is 2.04 bits per heavy atom. The van der Waals surface area contributed by atoms with Crippen molar-refractivity contribution in [2.75, 3.05) is 14.1 Å². The van der Waals surface area contributed by atoms with Crippen LogP contribution in [0.15, 0.2) is 16.7 Å². The molecule has 0 fully saturated rings. The van der Waals surface area contributed by atoms with Gasteiger partial charge in [-0.15, -0.1) is 5.11 Å². The van der Waals surface area contributed by atoms with E-state index in [1.807, 2.05) is 0 Å². The summed E-state index contributed by atoms with van der Waals surface area (Å²) < 4.78 is 0. The van der Waals surface area contributed by atoms with E-state index >= 15 is 0 Å². The molecular formula is C12H18N6O8. The molecule has 0 saturated heterocycles. The number of nitrogens with zero attached hydrogens (tertiary/aromatic N) is 4. The zero-order valence-corrected chi connectivity index (χ0v) is 13.8. The van der Waals surface area contributed by atoms with E-state index in [9.17, 15) is 19.2 Å². The van der Waals surface area contributed by atoms with Gasteiger partial charge in [-0.3, -0.25) is 19.4 Å². The molecule has 144 valence electrons. The minimum absolute atomic E-state index is 0.0885. The number of aliphatic hydroxyl groups is 1. The molecule has 0 aliphatic heterocycles. The third kappa shape index (κ3) is 7.82. The molecule has 1 amide bonds. The summed E-state index contributed by atoms with van der Waals surface area (Å²) in [6.07, 6.45) is -0.951. The Hall–Kier alpha value is -3.55. The lowest BCUT2D eigenvalue weighted by Gasteiger charge is -2.18. The maximum Gasteiger partial charge on any atom is 0.336 e. The number of carbonyl (C=O) groups is 4. The topological polar surface area (TPSA) is 232 Å². The summed E-state index contributed by atoms with van der Waals surface area (Å²) in [6.45, 7) is 0. The van der Waals surface area contributed by atoms with Crippen molar-refractivity contribution in [2.45, 2.75) is 18.4 Å². The van der Waals surface area contributed by atoms with Gasteiger partial charge < -0.3 is 31.1 Å². The van der Waals surface area contributed by atoms with Gasteiger partial charge >= 0.3 is 17.9 Å². The van der Waals surface area contributed by atoms with Gasteiger partial charge in [-0.25, -0.2) is 9.78 Å². The number of rotatable bonds is 8. The fourth-order valence-corrected chi connectivity index (χ4v) is 1.39. The number of aromatic nitrogens is 2. The number of amides is 1. The number of aromatic amines is 1. The number of primary amides is 1. The molecule has 0 spiro atoms. The Balaban J connectivity index is 0.000000481. The first-order chi connectivity index (χ1) is 11.9.